The van der Waals surface area contributed by atoms with E-state index in [4.69, 9.17) is 9.47 Å². The summed E-state index contributed by atoms with van der Waals surface area (Å²) in [5, 5.41) is 1.09. The second kappa shape index (κ2) is 6.12. The fourth-order valence-electron chi connectivity index (χ4n) is 2.58. The molecule has 24 heavy (non-hydrogen) atoms. The molecule has 122 valence electrons. The van der Waals surface area contributed by atoms with Gasteiger partial charge in [-0.05, 0) is 48.5 Å². The third-order valence-corrected chi connectivity index (χ3v) is 3.92. The summed E-state index contributed by atoms with van der Waals surface area (Å²) in [6, 6.07) is 14.5. The van der Waals surface area contributed by atoms with Gasteiger partial charge < -0.3 is 9.47 Å². The second-order valence-electron chi connectivity index (χ2n) is 5.24. The first-order valence-corrected chi connectivity index (χ1v) is 7.37. The molecule has 0 saturated carbocycles. The number of imidazole rings is 1. The van der Waals surface area contributed by atoms with Crippen LogP contribution in [0.5, 0.6) is 11.5 Å². The van der Waals surface area contributed by atoms with E-state index in [1.165, 1.54) is 9.13 Å². The lowest BCUT2D eigenvalue weighted by molar-refractivity contribution is 0.414. The summed E-state index contributed by atoms with van der Waals surface area (Å²) in [6.45, 7) is 8.01. The van der Waals surface area contributed by atoms with Gasteiger partial charge in [0, 0.05) is 0 Å². The van der Waals surface area contributed by atoms with Gasteiger partial charge in [-0.1, -0.05) is 13.2 Å². The molecule has 2 aromatic carbocycles. The van der Waals surface area contributed by atoms with Gasteiger partial charge in [0.15, 0.2) is 0 Å². The number of methoxy groups -OCH3 is 2. The van der Waals surface area contributed by atoms with E-state index in [0.717, 1.165) is 11.5 Å². The molecule has 0 aliphatic rings. The number of hydrogen-bond acceptors (Lipinski definition) is 3. The van der Waals surface area contributed by atoms with Crippen LogP contribution in [-0.4, -0.2) is 23.4 Å². The first-order valence-electron chi connectivity index (χ1n) is 7.37. The molecule has 0 atom stereocenters. The van der Waals surface area contributed by atoms with Gasteiger partial charge in [0.25, 0.3) is 0 Å². The van der Waals surface area contributed by atoms with Gasteiger partial charge in [-0.15, -0.1) is 0 Å². The summed E-state index contributed by atoms with van der Waals surface area (Å²) >= 11 is 0. The molecule has 1 heterocycles. The molecule has 0 amide bonds. The van der Waals surface area contributed by atoms with Crippen LogP contribution in [-0.2, 0) is 0 Å². The van der Waals surface area contributed by atoms with Crippen molar-refractivity contribution in [2.24, 2.45) is 0 Å². The zero-order valence-corrected chi connectivity index (χ0v) is 13.7. The van der Waals surface area contributed by atoms with Crippen molar-refractivity contribution >= 4 is 13.2 Å². The molecule has 0 unspecified atom stereocenters. The minimum absolute atomic E-state index is 0.222. The predicted octanol–water partition coefficient (Wildman–Crippen LogP) is 1.47. The van der Waals surface area contributed by atoms with Gasteiger partial charge in [-0.2, -0.15) is 0 Å². The molecule has 3 rings (SSSR count). The first kappa shape index (κ1) is 15.7. The highest BCUT2D eigenvalue weighted by molar-refractivity contribution is 5.41. The van der Waals surface area contributed by atoms with Crippen molar-refractivity contribution in [3.05, 3.63) is 69.7 Å². The Morgan fingerprint density at radius 2 is 1.04 bits per heavy atom. The number of hydrogen-bond donors (Lipinski definition) is 0. The largest absolute Gasteiger partial charge is 0.497 e. The van der Waals surface area contributed by atoms with Crippen molar-refractivity contribution in [3.8, 4) is 22.9 Å². The topological polar surface area (TPSA) is 45.4 Å². The molecule has 0 fully saturated rings. The molecule has 0 bridgehead atoms. The zero-order chi connectivity index (χ0) is 17.3. The maximum Gasteiger partial charge on any atom is 0.338 e. The van der Waals surface area contributed by atoms with E-state index >= 15 is 0 Å². The predicted molar refractivity (Wildman–Crippen MR) is 94.8 cm³/mol. The Kier molecular flexibility index (Phi) is 4.00. The van der Waals surface area contributed by atoms with Crippen LogP contribution in [0.4, 0.5) is 0 Å². The molecule has 1 aromatic heterocycles. The lowest BCUT2D eigenvalue weighted by Gasteiger charge is -2.05. The Hall–Kier alpha value is -3.21. The summed E-state index contributed by atoms with van der Waals surface area (Å²) < 4.78 is 13.4. The Morgan fingerprint density at radius 1 is 0.708 bits per heavy atom. The average Bonchev–Trinajstić information content (AvgIpc) is 2.84. The summed E-state index contributed by atoms with van der Waals surface area (Å²) in [5.74, 6) is 1.45. The van der Waals surface area contributed by atoms with Crippen LogP contribution in [0.25, 0.3) is 24.5 Å². The normalized spacial score (nSPS) is 10.6. The fraction of sp³-hybridized carbons (Fsp3) is 0.105. The van der Waals surface area contributed by atoms with Crippen molar-refractivity contribution < 1.29 is 9.47 Å². The Labute approximate surface area is 139 Å². The second-order valence-corrected chi connectivity index (χ2v) is 5.24. The zero-order valence-electron chi connectivity index (χ0n) is 13.7. The van der Waals surface area contributed by atoms with Crippen LogP contribution < -0.4 is 25.9 Å². The highest BCUT2D eigenvalue weighted by Crippen LogP contribution is 2.14. The van der Waals surface area contributed by atoms with Gasteiger partial charge >= 0.3 is 5.69 Å². The molecular weight excluding hydrogens is 304 g/mol. The summed E-state index contributed by atoms with van der Waals surface area (Å²) in [7, 11) is 3.20. The molecule has 5 heteroatoms. The van der Waals surface area contributed by atoms with Crippen LogP contribution in [0.1, 0.15) is 0 Å². The van der Waals surface area contributed by atoms with Crippen LogP contribution in [0.15, 0.2) is 53.3 Å². The van der Waals surface area contributed by atoms with Crippen LogP contribution in [0.3, 0.4) is 0 Å². The molecular formula is C19H18N2O3. The molecule has 3 aromatic rings. The van der Waals surface area contributed by atoms with Crippen molar-refractivity contribution in [2.75, 3.05) is 14.2 Å². The van der Waals surface area contributed by atoms with E-state index in [2.05, 4.69) is 13.2 Å². The molecule has 0 spiro atoms. The maximum atomic E-state index is 12.9. The quantitative estimate of drug-likeness (QED) is 0.731. The average molecular weight is 322 g/mol. The molecule has 0 radical (unpaired) electrons. The summed E-state index contributed by atoms with van der Waals surface area (Å²) in [6.07, 6.45) is 0. The minimum Gasteiger partial charge on any atom is -0.497 e. The van der Waals surface area contributed by atoms with Crippen molar-refractivity contribution in [1.82, 2.24) is 9.13 Å². The van der Waals surface area contributed by atoms with Gasteiger partial charge in [0.2, 0.25) is 0 Å². The third-order valence-electron chi connectivity index (χ3n) is 3.92. The monoisotopic (exact) mass is 322 g/mol. The van der Waals surface area contributed by atoms with Crippen LogP contribution >= 0.6 is 0 Å². The number of nitrogens with zero attached hydrogens (tertiary/aromatic N) is 2. The van der Waals surface area contributed by atoms with E-state index in [0.29, 0.717) is 22.1 Å². The number of aromatic nitrogens is 2. The Morgan fingerprint density at radius 3 is 1.33 bits per heavy atom. The first-order chi connectivity index (χ1) is 11.6. The number of rotatable bonds is 4. The minimum atomic E-state index is -0.222. The highest BCUT2D eigenvalue weighted by atomic mass is 16.5. The van der Waals surface area contributed by atoms with Crippen LogP contribution in [0, 0.1) is 0 Å². The highest BCUT2D eigenvalue weighted by Gasteiger charge is 2.11. The molecule has 0 aliphatic carbocycles. The Balaban J connectivity index is 2.18. The Bertz CT molecular complexity index is 931. The van der Waals surface area contributed by atoms with Crippen molar-refractivity contribution in [2.45, 2.75) is 0 Å². The van der Waals surface area contributed by atoms with Gasteiger partial charge in [0.1, 0.15) is 11.5 Å². The van der Waals surface area contributed by atoms with E-state index in [9.17, 15) is 4.79 Å². The molecule has 0 aliphatic heterocycles. The molecule has 0 saturated heterocycles. The van der Waals surface area contributed by atoms with Gasteiger partial charge in [0.05, 0.1) is 36.3 Å². The number of benzene rings is 2. The van der Waals surface area contributed by atoms with E-state index in [1.807, 2.05) is 24.3 Å². The third kappa shape index (κ3) is 2.50. The van der Waals surface area contributed by atoms with Gasteiger partial charge in [-0.3, -0.25) is 9.13 Å². The SMILES string of the molecule is C=c1c(=C)n(-c2ccc(OC)cc2)c(=O)n1-c1ccc(OC)cc1. The maximum absolute atomic E-state index is 12.9. The van der Waals surface area contributed by atoms with E-state index < -0.39 is 0 Å². The number of ether oxygens (including phenoxy) is 2. The lowest BCUT2D eigenvalue weighted by atomic mass is 10.3. The summed E-state index contributed by atoms with van der Waals surface area (Å²) in [4.78, 5) is 12.9. The molecule has 5 nitrogen and oxygen atoms in total. The van der Waals surface area contributed by atoms with Crippen LogP contribution in [0.2, 0.25) is 0 Å². The van der Waals surface area contributed by atoms with E-state index in [-0.39, 0.29) is 5.69 Å². The van der Waals surface area contributed by atoms with Crippen molar-refractivity contribution in [3.63, 3.8) is 0 Å². The molecule has 0 N–H and O–H groups in total. The lowest BCUT2D eigenvalue weighted by Crippen LogP contribution is -2.29. The van der Waals surface area contributed by atoms with E-state index in [1.54, 1.807) is 38.5 Å². The van der Waals surface area contributed by atoms with Gasteiger partial charge in [-0.25, -0.2) is 4.79 Å². The summed E-state index contributed by atoms with van der Waals surface area (Å²) in [5.41, 5.74) is 1.20. The fourth-order valence-corrected chi connectivity index (χ4v) is 2.58. The smallest absolute Gasteiger partial charge is 0.338 e. The van der Waals surface area contributed by atoms with Crippen molar-refractivity contribution in [1.29, 1.82) is 0 Å². The standard InChI is InChI=1S/C19H18N2O3/c1-13-14(2)21(16-7-11-18(24-4)12-8-16)19(22)20(13)15-5-9-17(23-3)10-6-15/h5-12H,1-2H2,3-4H3.